The van der Waals surface area contributed by atoms with Crippen LogP contribution in [0.1, 0.15) is 30.9 Å². The number of aliphatic hydroxyl groups excluding tert-OH is 1. The Balaban J connectivity index is 1.81. The molecule has 0 aliphatic carbocycles. The van der Waals surface area contributed by atoms with Gasteiger partial charge in [0.25, 0.3) is 0 Å². The Kier molecular flexibility index (Phi) is 6.82. The van der Waals surface area contributed by atoms with Gasteiger partial charge in [-0.15, -0.1) is 0 Å². The summed E-state index contributed by atoms with van der Waals surface area (Å²) in [6.07, 6.45) is 0. The molecule has 2 N–H and O–H groups in total. The summed E-state index contributed by atoms with van der Waals surface area (Å²) in [6.45, 7) is 5.44. The lowest BCUT2D eigenvalue weighted by Gasteiger charge is -2.14. The number of rotatable bonds is 8. The van der Waals surface area contributed by atoms with E-state index in [0.717, 1.165) is 43.9 Å². The fraction of sp³-hybridized carbons (Fsp3) is 0.269. The number of hydrogen-bond acceptors (Lipinski definition) is 4. The first-order chi connectivity index (χ1) is 15.5. The van der Waals surface area contributed by atoms with Gasteiger partial charge in [0.15, 0.2) is 0 Å². The van der Waals surface area contributed by atoms with Crippen LogP contribution in [0.3, 0.4) is 0 Å². The van der Waals surface area contributed by atoms with E-state index in [1.807, 2.05) is 41.0 Å². The highest BCUT2D eigenvalue weighted by Crippen LogP contribution is 2.38. The number of imidazole rings is 1. The van der Waals surface area contributed by atoms with Crippen molar-refractivity contribution in [1.82, 2.24) is 9.55 Å². The lowest BCUT2D eigenvalue weighted by molar-refractivity contribution is 0.278. The molecule has 1 heterocycles. The molecule has 1 aromatic heterocycles. The Labute approximate surface area is 197 Å². The minimum Gasteiger partial charge on any atom is -0.494 e. The minimum absolute atomic E-state index is 0.0145. The summed E-state index contributed by atoms with van der Waals surface area (Å²) in [5.41, 5.74) is 6.10. The van der Waals surface area contributed by atoms with Crippen molar-refractivity contribution in [1.29, 1.82) is 0 Å². The van der Waals surface area contributed by atoms with E-state index < -0.39 is 0 Å². The molecular weight excluding hydrogens is 466 g/mol. The molecule has 32 heavy (non-hydrogen) atoms. The number of halogens is 1. The molecule has 3 aromatic carbocycles. The van der Waals surface area contributed by atoms with Crippen LogP contribution in [0.15, 0.2) is 65.1 Å². The molecule has 0 atom stereocenters. The second kappa shape index (κ2) is 9.76. The molecule has 0 unspecified atom stereocenters. The van der Waals surface area contributed by atoms with Crippen LogP contribution in [0.5, 0.6) is 5.75 Å². The molecule has 0 spiro atoms. The van der Waals surface area contributed by atoms with E-state index in [2.05, 4.69) is 59.4 Å². The second-order valence-corrected chi connectivity index (χ2v) is 8.85. The van der Waals surface area contributed by atoms with Crippen LogP contribution >= 0.6 is 15.9 Å². The first-order valence-electron chi connectivity index (χ1n) is 10.8. The van der Waals surface area contributed by atoms with Gasteiger partial charge in [0, 0.05) is 24.3 Å². The molecule has 0 aliphatic rings. The summed E-state index contributed by atoms with van der Waals surface area (Å²) in [4.78, 5) is 5.00. The molecule has 0 radical (unpaired) electrons. The molecule has 0 saturated heterocycles. The maximum atomic E-state index is 9.77. The van der Waals surface area contributed by atoms with Crippen molar-refractivity contribution in [3.8, 4) is 17.1 Å². The third-order valence-electron chi connectivity index (χ3n) is 5.63. The Morgan fingerprint density at radius 2 is 1.81 bits per heavy atom. The summed E-state index contributed by atoms with van der Waals surface area (Å²) in [5.74, 6) is 2.02. The smallest absolute Gasteiger partial charge is 0.145 e. The van der Waals surface area contributed by atoms with Crippen LogP contribution < -0.4 is 10.1 Å². The van der Waals surface area contributed by atoms with Crippen LogP contribution in [-0.2, 0) is 13.1 Å². The standard InChI is InChI=1S/C26H28BrN3O2/c1-17(2)18-9-11-19(12-10-18)26-29-24-23(27)20(16-28-21-7-5-4-6-8-21)15-22(32-3)25(24)30(26)13-14-31/h4-12,15,17,28,31H,13-14,16H2,1-3H3. The normalized spacial score (nSPS) is 11.3. The molecule has 4 aromatic rings. The third kappa shape index (κ3) is 4.38. The molecule has 6 heteroatoms. The summed E-state index contributed by atoms with van der Waals surface area (Å²) >= 11 is 3.79. The Morgan fingerprint density at radius 1 is 1.09 bits per heavy atom. The van der Waals surface area contributed by atoms with Crippen molar-refractivity contribution in [2.45, 2.75) is 32.9 Å². The first-order valence-corrected chi connectivity index (χ1v) is 11.6. The van der Waals surface area contributed by atoms with Gasteiger partial charge in [-0.05, 0) is 51.2 Å². The molecule has 4 rings (SSSR count). The van der Waals surface area contributed by atoms with Gasteiger partial charge in [0.1, 0.15) is 22.6 Å². The summed E-state index contributed by atoms with van der Waals surface area (Å²) in [5, 5.41) is 13.2. The monoisotopic (exact) mass is 493 g/mol. The molecule has 0 saturated carbocycles. The zero-order valence-electron chi connectivity index (χ0n) is 18.6. The lowest BCUT2D eigenvalue weighted by atomic mass is 10.0. The third-order valence-corrected chi connectivity index (χ3v) is 6.52. The average Bonchev–Trinajstić information content (AvgIpc) is 3.19. The molecule has 0 fully saturated rings. The van der Waals surface area contributed by atoms with E-state index in [1.54, 1.807) is 7.11 Å². The molecule has 0 bridgehead atoms. The van der Waals surface area contributed by atoms with Gasteiger partial charge in [-0.25, -0.2) is 4.98 Å². The fourth-order valence-corrected chi connectivity index (χ4v) is 4.42. The van der Waals surface area contributed by atoms with Crippen molar-refractivity contribution in [2.75, 3.05) is 19.0 Å². The number of hydrogen-bond donors (Lipinski definition) is 2. The summed E-state index contributed by atoms with van der Waals surface area (Å²) in [6, 6.07) is 20.6. The lowest BCUT2D eigenvalue weighted by Crippen LogP contribution is -2.06. The highest BCUT2D eigenvalue weighted by atomic mass is 79.9. The van der Waals surface area contributed by atoms with Crippen LogP contribution in [-0.4, -0.2) is 28.4 Å². The summed E-state index contributed by atoms with van der Waals surface area (Å²) < 4.78 is 8.73. The predicted molar refractivity (Wildman–Crippen MR) is 134 cm³/mol. The number of para-hydroxylation sites is 1. The van der Waals surface area contributed by atoms with E-state index in [1.165, 1.54) is 5.56 Å². The van der Waals surface area contributed by atoms with Gasteiger partial charge in [0.05, 0.1) is 18.2 Å². The number of ether oxygens (including phenoxy) is 1. The van der Waals surface area contributed by atoms with E-state index >= 15 is 0 Å². The van der Waals surface area contributed by atoms with Crippen LogP contribution in [0, 0.1) is 0 Å². The van der Waals surface area contributed by atoms with Gasteiger partial charge in [0.2, 0.25) is 0 Å². The van der Waals surface area contributed by atoms with Crippen molar-refractivity contribution >= 4 is 32.7 Å². The Bertz CT molecular complexity index is 1200. The number of nitrogens with one attached hydrogen (secondary N) is 1. The topological polar surface area (TPSA) is 59.3 Å². The Hall–Kier alpha value is -2.83. The van der Waals surface area contributed by atoms with Crippen molar-refractivity contribution in [2.24, 2.45) is 0 Å². The second-order valence-electron chi connectivity index (χ2n) is 8.06. The highest BCUT2D eigenvalue weighted by molar-refractivity contribution is 9.10. The SMILES string of the molecule is COc1cc(CNc2ccccc2)c(Br)c2nc(-c3ccc(C(C)C)cc3)n(CCO)c12. The quantitative estimate of drug-likeness (QED) is 0.306. The number of fused-ring (bicyclic) bond motifs is 1. The molecule has 5 nitrogen and oxygen atoms in total. The van der Waals surface area contributed by atoms with Crippen LogP contribution in [0.4, 0.5) is 5.69 Å². The van der Waals surface area contributed by atoms with Gasteiger partial charge < -0.3 is 19.7 Å². The average molecular weight is 494 g/mol. The van der Waals surface area contributed by atoms with Gasteiger partial charge in [-0.1, -0.05) is 56.3 Å². The van der Waals surface area contributed by atoms with Gasteiger partial charge in [-0.3, -0.25) is 0 Å². The van der Waals surface area contributed by atoms with Crippen molar-refractivity contribution in [3.63, 3.8) is 0 Å². The fourth-order valence-electron chi connectivity index (χ4n) is 3.89. The molecule has 166 valence electrons. The summed E-state index contributed by atoms with van der Waals surface area (Å²) in [7, 11) is 1.67. The van der Waals surface area contributed by atoms with Crippen molar-refractivity contribution < 1.29 is 9.84 Å². The number of nitrogens with zero attached hydrogens (tertiary/aromatic N) is 2. The van der Waals surface area contributed by atoms with E-state index in [0.29, 0.717) is 19.0 Å². The molecule has 0 amide bonds. The zero-order chi connectivity index (χ0) is 22.7. The van der Waals surface area contributed by atoms with Gasteiger partial charge in [-0.2, -0.15) is 0 Å². The van der Waals surface area contributed by atoms with E-state index in [4.69, 9.17) is 9.72 Å². The number of aliphatic hydroxyl groups is 1. The van der Waals surface area contributed by atoms with E-state index in [-0.39, 0.29) is 6.61 Å². The van der Waals surface area contributed by atoms with E-state index in [9.17, 15) is 5.11 Å². The largest absolute Gasteiger partial charge is 0.494 e. The maximum absolute atomic E-state index is 9.77. The Morgan fingerprint density at radius 3 is 2.44 bits per heavy atom. The van der Waals surface area contributed by atoms with Crippen molar-refractivity contribution in [3.05, 3.63) is 76.3 Å². The highest BCUT2D eigenvalue weighted by Gasteiger charge is 2.21. The number of anilines is 1. The number of benzene rings is 3. The maximum Gasteiger partial charge on any atom is 0.145 e. The van der Waals surface area contributed by atoms with Crippen LogP contribution in [0.25, 0.3) is 22.4 Å². The molecular formula is C26H28BrN3O2. The number of aromatic nitrogens is 2. The molecule has 0 aliphatic heterocycles. The van der Waals surface area contributed by atoms with Crippen LogP contribution in [0.2, 0.25) is 0 Å². The zero-order valence-corrected chi connectivity index (χ0v) is 20.2. The predicted octanol–water partition coefficient (Wildman–Crippen LogP) is 6.20. The number of methoxy groups -OCH3 is 1. The first kappa shape index (κ1) is 22.4. The van der Waals surface area contributed by atoms with Gasteiger partial charge >= 0.3 is 0 Å². The minimum atomic E-state index is 0.0145.